The highest BCUT2D eigenvalue weighted by Crippen LogP contribution is 2.38. The molecule has 0 aliphatic heterocycles. The highest BCUT2D eigenvalue weighted by molar-refractivity contribution is 6.35. The molecule has 0 unspecified atom stereocenters. The van der Waals surface area contributed by atoms with Crippen molar-refractivity contribution >= 4 is 13.2 Å². The van der Waals surface area contributed by atoms with Crippen LogP contribution in [-0.2, 0) is 0 Å². The number of rotatable bonds is 6. The van der Waals surface area contributed by atoms with Crippen LogP contribution < -0.4 is 14.1 Å². The van der Waals surface area contributed by atoms with Crippen LogP contribution in [-0.4, -0.2) is 26.8 Å². The Morgan fingerprint density at radius 3 is 2.30 bits per heavy atom. The number of hydrogen-bond donors (Lipinski definition) is 1. The minimum atomic E-state index is -3.04. The van der Waals surface area contributed by atoms with Crippen molar-refractivity contribution in [2.45, 2.75) is 0 Å². The smallest absolute Gasteiger partial charge is 0.507 e. The van der Waals surface area contributed by atoms with Crippen LogP contribution in [0.25, 0.3) is 5.76 Å². The van der Waals surface area contributed by atoms with Gasteiger partial charge in [0.15, 0.2) is 0 Å². The minimum absolute atomic E-state index is 0.0245. The maximum absolute atomic E-state index is 12.6. The topological polar surface area (TPSA) is 47.9 Å². The van der Waals surface area contributed by atoms with Gasteiger partial charge in [-0.05, 0) is 11.6 Å². The van der Waals surface area contributed by atoms with E-state index in [1.165, 1.54) is 32.4 Å². The van der Waals surface area contributed by atoms with Gasteiger partial charge in [0.1, 0.15) is 23.0 Å². The van der Waals surface area contributed by atoms with Gasteiger partial charge in [0, 0.05) is 12.1 Å². The van der Waals surface area contributed by atoms with Gasteiger partial charge >= 0.3 is 7.47 Å². The highest BCUT2D eigenvalue weighted by Gasteiger charge is 2.24. The Balaban J connectivity index is 2.49. The Bertz CT molecular complexity index is 680. The summed E-state index contributed by atoms with van der Waals surface area (Å²) in [5.74, 6) is -0.0686. The summed E-state index contributed by atoms with van der Waals surface area (Å²) in [4.78, 5) is 0. The first kappa shape index (κ1) is 16.7. The largest absolute Gasteiger partial charge is 0.796 e. The average molecular weight is 320 g/mol. The monoisotopic (exact) mass is 320 g/mol. The number of allylic oxidation sites excluding steroid dienone is 7. The SMILES string of the molecule is COc1cc(OC)c(/C(O)=C/C=C2C=CC=C2)c(OB(F)F)c1. The van der Waals surface area contributed by atoms with Gasteiger partial charge in [0.25, 0.3) is 0 Å². The molecule has 4 nitrogen and oxygen atoms in total. The number of hydrogen-bond acceptors (Lipinski definition) is 4. The summed E-state index contributed by atoms with van der Waals surface area (Å²) >= 11 is 0. The van der Waals surface area contributed by atoms with Crippen LogP contribution in [0.15, 0.2) is 54.2 Å². The lowest BCUT2D eigenvalue weighted by Crippen LogP contribution is -2.11. The van der Waals surface area contributed by atoms with E-state index < -0.39 is 7.47 Å². The molecule has 0 aromatic heterocycles. The van der Waals surface area contributed by atoms with Crippen LogP contribution in [0.5, 0.6) is 17.2 Å². The van der Waals surface area contributed by atoms with Crippen molar-refractivity contribution in [3.63, 3.8) is 0 Å². The first-order valence-electron chi connectivity index (χ1n) is 6.72. The van der Waals surface area contributed by atoms with Crippen molar-refractivity contribution in [3.8, 4) is 17.2 Å². The Kier molecular flexibility index (Phi) is 5.46. The van der Waals surface area contributed by atoms with Gasteiger partial charge in [-0.15, -0.1) is 0 Å². The summed E-state index contributed by atoms with van der Waals surface area (Å²) in [6.45, 7) is 0. The van der Waals surface area contributed by atoms with Gasteiger partial charge in [-0.25, -0.2) is 8.63 Å². The molecule has 23 heavy (non-hydrogen) atoms. The zero-order chi connectivity index (χ0) is 16.8. The maximum atomic E-state index is 12.6. The predicted molar refractivity (Wildman–Crippen MR) is 85.1 cm³/mol. The van der Waals surface area contributed by atoms with Crippen molar-refractivity contribution in [1.29, 1.82) is 0 Å². The lowest BCUT2D eigenvalue weighted by molar-refractivity contribution is 0.377. The molecule has 0 bridgehead atoms. The van der Waals surface area contributed by atoms with Gasteiger partial charge in [-0.3, -0.25) is 0 Å². The zero-order valence-electron chi connectivity index (χ0n) is 12.6. The number of aliphatic hydroxyl groups is 1. The second kappa shape index (κ2) is 7.53. The minimum Gasteiger partial charge on any atom is -0.507 e. The summed E-state index contributed by atoms with van der Waals surface area (Å²) < 4.78 is 39.9. The molecular weight excluding hydrogens is 305 g/mol. The molecule has 1 aromatic carbocycles. The molecule has 0 heterocycles. The second-order valence-electron chi connectivity index (χ2n) is 4.52. The third kappa shape index (κ3) is 4.15. The normalized spacial score (nSPS) is 13.2. The van der Waals surface area contributed by atoms with Crippen LogP contribution >= 0.6 is 0 Å². The van der Waals surface area contributed by atoms with E-state index in [0.717, 1.165) is 5.57 Å². The molecule has 0 radical (unpaired) electrons. The van der Waals surface area contributed by atoms with E-state index in [9.17, 15) is 13.7 Å². The van der Waals surface area contributed by atoms with Crippen molar-refractivity contribution in [3.05, 3.63) is 59.7 Å². The molecule has 0 saturated heterocycles. The van der Waals surface area contributed by atoms with Gasteiger partial charge < -0.3 is 19.2 Å². The van der Waals surface area contributed by atoms with Gasteiger partial charge in [-0.1, -0.05) is 30.4 Å². The molecule has 7 heteroatoms. The molecule has 0 saturated carbocycles. The third-order valence-electron chi connectivity index (χ3n) is 3.09. The fraction of sp³-hybridized carbons (Fsp3) is 0.125. The van der Waals surface area contributed by atoms with Crippen molar-refractivity contribution in [2.75, 3.05) is 14.2 Å². The summed E-state index contributed by atoms with van der Waals surface area (Å²) in [7, 11) is -0.296. The van der Waals surface area contributed by atoms with Crippen LogP contribution in [0, 0.1) is 0 Å². The number of methoxy groups -OCH3 is 2. The standard InChI is InChI=1S/C16H15BF2O4/c1-21-12-9-14(22-2)16(15(10-12)23-17(18)19)13(20)8-7-11-5-3-4-6-11/h3-10,20H,1-2H3/b13-8-. The molecule has 120 valence electrons. The van der Waals surface area contributed by atoms with Crippen LogP contribution in [0.4, 0.5) is 8.63 Å². The molecule has 2 rings (SSSR count). The van der Waals surface area contributed by atoms with Crippen molar-refractivity contribution in [1.82, 2.24) is 0 Å². The molecule has 1 aromatic rings. The summed E-state index contributed by atoms with van der Waals surface area (Å²) in [5, 5.41) is 10.3. The van der Waals surface area contributed by atoms with Gasteiger partial charge in [-0.2, -0.15) is 0 Å². The lowest BCUT2D eigenvalue weighted by atomic mass is 10.1. The first-order valence-corrected chi connectivity index (χ1v) is 6.72. The van der Waals surface area contributed by atoms with Gasteiger partial charge in [0.2, 0.25) is 0 Å². The van der Waals surface area contributed by atoms with Crippen molar-refractivity contribution in [2.24, 2.45) is 0 Å². The Labute approximate surface area is 133 Å². The van der Waals surface area contributed by atoms with Crippen LogP contribution in [0.3, 0.4) is 0 Å². The van der Waals surface area contributed by atoms with Crippen molar-refractivity contribution < 1.29 is 27.9 Å². The average Bonchev–Trinajstić information content (AvgIpc) is 3.04. The quantitative estimate of drug-likeness (QED) is 0.637. The molecule has 1 aliphatic rings. The molecule has 1 N–H and O–H groups in total. The van der Waals surface area contributed by atoms with E-state index in [-0.39, 0.29) is 28.6 Å². The van der Waals surface area contributed by atoms with Crippen LogP contribution in [0.1, 0.15) is 5.56 Å². The molecule has 1 aliphatic carbocycles. The first-order chi connectivity index (χ1) is 11.0. The third-order valence-corrected chi connectivity index (χ3v) is 3.09. The zero-order valence-corrected chi connectivity index (χ0v) is 12.6. The fourth-order valence-corrected chi connectivity index (χ4v) is 2.04. The molecule has 0 spiro atoms. The number of ether oxygens (including phenoxy) is 2. The molecule has 0 fully saturated rings. The molecular formula is C16H15BF2O4. The number of halogens is 2. The Morgan fingerprint density at radius 2 is 1.74 bits per heavy atom. The fourth-order valence-electron chi connectivity index (χ4n) is 2.04. The second-order valence-corrected chi connectivity index (χ2v) is 4.52. The van der Waals surface area contributed by atoms with E-state index in [0.29, 0.717) is 0 Å². The molecule has 0 atom stereocenters. The maximum Gasteiger partial charge on any atom is 0.796 e. The van der Waals surface area contributed by atoms with E-state index >= 15 is 0 Å². The Hall–Kier alpha value is -2.70. The van der Waals surface area contributed by atoms with E-state index in [1.54, 1.807) is 6.08 Å². The lowest BCUT2D eigenvalue weighted by Gasteiger charge is -2.15. The number of benzene rings is 1. The predicted octanol–water partition coefficient (Wildman–Crippen LogP) is 3.96. The highest BCUT2D eigenvalue weighted by atomic mass is 19.2. The summed E-state index contributed by atoms with van der Waals surface area (Å²) in [5.41, 5.74) is 0.886. The van der Waals surface area contributed by atoms with Gasteiger partial charge in [0.05, 0.1) is 19.8 Å². The number of aliphatic hydroxyl groups excluding tert-OH is 1. The molecule has 0 amide bonds. The van der Waals surface area contributed by atoms with Crippen LogP contribution in [0.2, 0.25) is 0 Å². The Morgan fingerprint density at radius 1 is 1.09 bits per heavy atom. The summed E-state index contributed by atoms with van der Waals surface area (Å²) in [6.07, 6.45) is 10.4. The van der Waals surface area contributed by atoms with E-state index in [1.807, 2.05) is 24.3 Å². The van der Waals surface area contributed by atoms with E-state index in [2.05, 4.69) is 4.65 Å². The van der Waals surface area contributed by atoms with E-state index in [4.69, 9.17) is 9.47 Å². The summed E-state index contributed by atoms with van der Waals surface area (Å²) in [6, 6.07) is 2.73.